The number of hydrogen-bond acceptors (Lipinski definition) is 11. The van der Waals surface area contributed by atoms with Crippen molar-refractivity contribution in [3.05, 3.63) is 99.8 Å². The molecule has 6 rings (SSSR count). The van der Waals surface area contributed by atoms with Crippen molar-refractivity contribution < 1.29 is 47.5 Å². The predicted molar refractivity (Wildman–Crippen MR) is 223 cm³/mol. The summed E-state index contributed by atoms with van der Waals surface area (Å²) in [6.45, 7) is 7.33. The summed E-state index contributed by atoms with van der Waals surface area (Å²) < 4.78 is 43.2. The summed E-state index contributed by atoms with van der Waals surface area (Å²) in [5, 5.41) is 29.9. The number of β-amino-alcohol motifs (C(OH)–C–C–N with tert-alkyl or cyclic N) is 1. The number of ether oxygens (including phenoxy) is 3. The summed E-state index contributed by atoms with van der Waals surface area (Å²) in [6.07, 6.45) is 7.11. The van der Waals surface area contributed by atoms with Crippen LogP contribution in [0.2, 0.25) is 5.02 Å². The zero-order valence-electron chi connectivity index (χ0n) is 33.7. The highest BCUT2D eigenvalue weighted by Crippen LogP contribution is 2.37. The minimum Gasteiger partial charge on any atom is -0.493 e. The minimum atomic E-state index is -3.48. The van der Waals surface area contributed by atoms with Crippen molar-refractivity contribution in [2.24, 2.45) is 0 Å². The van der Waals surface area contributed by atoms with Crippen LogP contribution in [0.1, 0.15) is 66.3 Å². The molecule has 4 aromatic rings. The fourth-order valence-corrected chi connectivity index (χ4v) is 8.77. The largest absolute Gasteiger partial charge is 0.493 e. The SMILES string of the molecule is Cc1c(COc2cc(OCc3cncc(S(C)(=O)=O)c3)c(CN3CCCC[C@H]3C(=O)O)cc2Cl)cccc1-c1cccc(OCCCN2CCC(O)(CC(=O)O)C2)c1C. The van der Waals surface area contributed by atoms with Gasteiger partial charge in [-0.15, -0.1) is 0 Å². The molecule has 0 amide bonds. The molecule has 3 aromatic carbocycles. The first-order valence-electron chi connectivity index (χ1n) is 19.8. The Morgan fingerprint density at radius 1 is 0.898 bits per heavy atom. The van der Waals surface area contributed by atoms with E-state index in [1.807, 2.05) is 43.0 Å². The van der Waals surface area contributed by atoms with Crippen LogP contribution in [0, 0.1) is 13.8 Å². The summed E-state index contributed by atoms with van der Waals surface area (Å²) in [4.78, 5) is 31.4. The van der Waals surface area contributed by atoms with E-state index in [-0.39, 0.29) is 31.1 Å². The van der Waals surface area contributed by atoms with E-state index in [1.54, 1.807) is 12.1 Å². The second-order valence-electron chi connectivity index (χ2n) is 15.6. The van der Waals surface area contributed by atoms with Crippen LogP contribution in [-0.4, -0.2) is 101 Å². The van der Waals surface area contributed by atoms with Gasteiger partial charge in [0.2, 0.25) is 0 Å². The smallest absolute Gasteiger partial charge is 0.320 e. The lowest BCUT2D eigenvalue weighted by molar-refractivity contribution is -0.145. The fraction of sp³-hybridized carbons (Fsp3) is 0.432. The maximum atomic E-state index is 12.2. The molecular formula is C44H52ClN3O10S. The fourth-order valence-electron chi connectivity index (χ4n) is 7.91. The number of rotatable bonds is 18. The Bertz CT molecular complexity index is 2270. The molecule has 2 aliphatic rings. The number of carbonyl (C=O) groups is 2. The van der Waals surface area contributed by atoms with E-state index < -0.39 is 33.4 Å². The first kappa shape index (κ1) is 43.8. The molecule has 59 heavy (non-hydrogen) atoms. The van der Waals surface area contributed by atoms with Crippen LogP contribution >= 0.6 is 11.6 Å². The van der Waals surface area contributed by atoms with Crippen LogP contribution in [-0.2, 0) is 39.2 Å². The minimum absolute atomic E-state index is 0.00740. The van der Waals surface area contributed by atoms with Gasteiger partial charge in [0.15, 0.2) is 9.84 Å². The Morgan fingerprint density at radius 2 is 1.64 bits per heavy atom. The number of hydrogen-bond donors (Lipinski definition) is 3. The van der Waals surface area contributed by atoms with Gasteiger partial charge in [-0.05, 0) is 92.1 Å². The highest BCUT2D eigenvalue weighted by atomic mass is 35.5. The monoisotopic (exact) mass is 849 g/mol. The number of aliphatic carboxylic acids is 2. The number of pyridine rings is 1. The molecule has 0 radical (unpaired) electrons. The van der Waals surface area contributed by atoms with Crippen molar-refractivity contribution in [1.29, 1.82) is 0 Å². The number of sulfone groups is 1. The van der Waals surface area contributed by atoms with E-state index in [4.69, 9.17) is 30.9 Å². The van der Waals surface area contributed by atoms with Gasteiger partial charge in [-0.3, -0.25) is 19.5 Å². The lowest BCUT2D eigenvalue weighted by atomic mass is 9.93. The van der Waals surface area contributed by atoms with E-state index in [2.05, 4.69) is 22.0 Å². The second-order valence-corrected chi connectivity index (χ2v) is 18.1. The Kier molecular flexibility index (Phi) is 14.2. The van der Waals surface area contributed by atoms with E-state index in [1.165, 1.54) is 18.5 Å². The Hall–Kier alpha value is -4.73. The molecule has 2 atom stereocenters. The Labute approximate surface area is 350 Å². The van der Waals surface area contributed by atoms with Gasteiger partial charge in [0, 0.05) is 62.0 Å². The van der Waals surface area contributed by atoms with Crippen molar-refractivity contribution in [1.82, 2.24) is 14.8 Å². The maximum Gasteiger partial charge on any atom is 0.320 e. The molecule has 2 saturated heterocycles. The summed E-state index contributed by atoms with van der Waals surface area (Å²) in [5.41, 5.74) is 5.03. The number of likely N-dealkylation sites (tertiary alicyclic amines) is 2. The molecule has 2 aliphatic heterocycles. The normalized spacial score (nSPS) is 18.8. The van der Waals surface area contributed by atoms with Crippen molar-refractivity contribution in [3.8, 4) is 28.4 Å². The van der Waals surface area contributed by atoms with E-state index in [0.717, 1.165) is 59.1 Å². The highest BCUT2D eigenvalue weighted by molar-refractivity contribution is 7.90. The van der Waals surface area contributed by atoms with Gasteiger partial charge in [-0.1, -0.05) is 48.4 Å². The van der Waals surface area contributed by atoms with Crippen molar-refractivity contribution >= 4 is 33.4 Å². The molecule has 13 nitrogen and oxygen atoms in total. The molecule has 0 saturated carbocycles. The number of nitrogens with zero attached hydrogens (tertiary/aromatic N) is 3. The lowest BCUT2D eigenvalue weighted by Crippen LogP contribution is -2.44. The molecule has 2 fully saturated rings. The third-order valence-electron chi connectivity index (χ3n) is 11.2. The molecule has 0 spiro atoms. The quantitative estimate of drug-likeness (QED) is 0.0903. The number of aromatic nitrogens is 1. The number of halogens is 1. The Balaban J connectivity index is 1.16. The van der Waals surface area contributed by atoms with Gasteiger partial charge in [-0.25, -0.2) is 8.42 Å². The van der Waals surface area contributed by atoms with Gasteiger partial charge < -0.3 is 34.4 Å². The first-order chi connectivity index (χ1) is 28.1. The summed E-state index contributed by atoms with van der Waals surface area (Å²) in [7, 11) is -3.48. The van der Waals surface area contributed by atoms with Crippen molar-refractivity contribution in [2.45, 2.75) is 88.7 Å². The van der Waals surface area contributed by atoms with Gasteiger partial charge in [-0.2, -0.15) is 0 Å². The molecular weight excluding hydrogens is 798 g/mol. The third kappa shape index (κ3) is 11.3. The average molecular weight is 850 g/mol. The number of carboxylic acid groups (broad SMARTS) is 2. The Morgan fingerprint density at radius 3 is 2.39 bits per heavy atom. The molecule has 3 heterocycles. The van der Waals surface area contributed by atoms with E-state index in [0.29, 0.717) is 73.3 Å². The molecule has 15 heteroatoms. The van der Waals surface area contributed by atoms with E-state index in [9.17, 15) is 28.2 Å². The van der Waals surface area contributed by atoms with Crippen LogP contribution in [0.5, 0.6) is 17.2 Å². The van der Waals surface area contributed by atoms with Crippen LogP contribution in [0.15, 0.2) is 71.9 Å². The lowest BCUT2D eigenvalue weighted by Gasteiger charge is -2.33. The van der Waals surface area contributed by atoms with Gasteiger partial charge >= 0.3 is 11.9 Å². The summed E-state index contributed by atoms with van der Waals surface area (Å²) in [6, 6.07) is 16.3. The zero-order chi connectivity index (χ0) is 42.3. The van der Waals surface area contributed by atoms with Gasteiger partial charge in [0.25, 0.3) is 0 Å². The molecule has 0 aliphatic carbocycles. The summed E-state index contributed by atoms with van der Waals surface area (Å²) >= 11 is 6.86. The van der Waals surface area contributed by atoms with Crippen LogP contribution < -0.4 is 14.2 Å². The predicted octanol–water partition coefficient (Wildman–Crippen LogP) is 6.70. The number of piperidine rings is 1. The molecule has 1 unspecified atom stereocenters. The molecule has 0 bridgehead atoms. The third-order valence-corrected chi connectivity index (χ3v) is 12.5. The molecule has 316 valence electrons. The first-order valence-corrected chi connectivity index (χ1v) is 22.0. The van der Waals surface area contributed by atoms with Crippen LogP contribution in [0.3, 0.4) is 0 Å². The van der Waals surface area contributed by atoms with E-state index >= 15 is 0 Å². The average Bonchev–Trinajstić information content (AvgIpc) is 3.56. The zero-order valence-corrected chi connectivity index (χ0v) is 35.2. The number of carboxylic acids is 2. The molecule has 3 N–H and O–H groups in total. The van der Waals surface area contributed by atoms with Crippen molar-refractivity contribution in [3.63, 3.8) is 0 Å². The maximum absolute atomic E-state index is 12.2. The van der Waals surface area contributed by atoms with Crippen molar-refractivity contribution in [2.75, 3.05) is 39.0 Å². The number of aliphatic hydroxyl groups is 1. The topological polar surface area (TPSA) is 176 Å². The second kappa shape index (κ2) is 19.1. The van der Waals surface area contributed by atoms with Crippen LogP contribution in [0.4, 0.5) is 0 Å². The van der Waals surface area contributed by atoms with Gasteiger partial charge in [0.1, 0.15) is 36.5 Å². The van der Waals surface area contributed by atoms with Gasteiger partial charge in [0.05, 0.1) is 28.5 Å². The molecule has 1 aromatic heterocycles. The van der Waals surface area contributed by atoms with Crippen LogP contribution in [0.25, 0.3) is 11.1 Å². The standard InChI is InChI=1S/C44H52ClN3O10S/c1-29-32(9-6-10-35(29)36-11-7-13-39(30(36)2)56-18-8-15-47-17-14-44(53,28-47)22-42(49)50)27-58-41-21-40(57-26-31-19-34(24-46-23-31)59(3,54)55)33(20-37(41)45)25-48-16-5-4-12-38(48)43(51)52/h6-7,9-11,13,19-21,23-24,38,53H,4-5,8,12,14-18,22,25-28H2,1-3H3,(H,49,50)(H,51,52)/t38-,44?/m0/s1. The summed E-state index contributed by atoms with van der Waals surface area (Å²) in [5.74, 6) is -0.295. The highest BCUT2D eigenvalue weighted by Gasteiger charge is 2.37. The number of benzene rings is 3.